The first kappa shape index (κ1) is 14.8. The number of ether oxygens (including phenoxy) is 1. The Labute approximate surface area is 117 Å². The van der Waals surface area contributed by atoms with E-state index in [1.807, 2.05) is 0 Å². The number of hydrogen-bond acceptors (Lipinski definition) is 2. The summed E-state index contributed by atoms with van der Waals surface area (Å²) in [4.78, 5) is 14.6. The molecule has 2 fully saturated rings. The number of rotatable bonds is 4. The third kappa shape index (κ3) is 3.71. The van der Waals surface area contributed by atoms with E-state index in [1.54, 1.807) is 0 Å². The van der Waals surface area contributed by atoms with Crippen molar-refractivity contribution >= 4 is 5.91 Å². The Morgan fingerprint density at radius 2 is 1.95 bits per heavy atom. The van der Waals surface area contributed by atoms with Gasteiger partial charge in [0.25, 0.3) is 0 Å². The van der Waals surface area contributed by atoms with E-state index in [1.165, 1.54) is 12.8 Å². The summed E-state index contributed by atoms with van der Waals surface area (Å²) in [5.74, 6) is 0.378. The van der Waals surface area contributed by atoms with Gasteiger partial charge >= 0.3 is 0 Å². The van der Waals surface area contributed by atoms with Gasteiger partial charge in [-0.15, -0.1) is 0 Å². The molecule has 0 spiro atoms. The normalized spacial score (nSPS) is 30.6. The Bertz CT molecular complexity index is 317. The van der Waals surface area contributed by atoms with Crippen molar-refractivity contribution < 1.29 is 9.53 Å². The maximum absolute atomic E-state index is 12.5. The fourth-order valence-corrected chi connectivity index (χ4v) is 3.97. The fourth-order valence-electron chi connectivity index (χ4n) is 3.97. The van der Waals surface area contributed by atoms with Crippen molar-refractivity contribution in [3.8, 4) is 0 Å². The van der Waals surface area contributed by atoms with Crippen LogP contribution in [0.3, 0.4) is 0 Å². The van der Waals surface area contributed by atoms with Gasteiger partial charge in [0.2, 0.25) is 5.91 Å². The molecule has 1 unspecified atom stereocenters. The number of amides is 1. The van der Waals surface area contributed by atoms with Gasteiger partial charge in [-0.1, -0.05) is 13.3 Å². The smallest absolute Gasteiger partial charge is 0.223 e. The minimum atomic E-state index is -0.0707. The zero-order chi connectivity index (χ0) is 13.9. The highest BCUT2D eigenvalue weighted by Crippen LogP contribution is 2.45. The van der Waals surface area contributed by atoms with Gasteiger partial charge in [0.15, 0.2) is 0 Å². The van der Waals surface area contributed by atoms with Gasteiger partial charge in [-0.2, -0.15) is 0 Å². The lowest BCUT2D eigenvalue weighted by Crippen LogP contribution is -2.44. The van der Waals surface area contributed by atoms with E-state index < -0.39 is 0 Å². The first-order valence-corrected chi connectivity index (χ1v) is 7.88. The summed E-state index contributed by atoms with van der Waals surface area (Å²) in [6.07, 6.45) is 7.47. The molecule has 3 heteroatoms. The molecule has 2 aliphatic heterocycles. The van der Waals surface area contributed by atoms with E-state index in [9.17, 15) is 4.79 Å². The average molecular weight is 267 g/mol. The van der Waals surface area contributed by atoms with Gasteiger partial charge in [-0.3, -0.25) is 4.79 Å². The van der Waals surface area contributed by atoms with Gasteiger partial charge in [0.1, 0.15) is 0 Å². The highest BCUT2D eigenvalue weighted by atomic mass is 16.5. The molecule has 0 aromatic heterocycles. The van der Waals surface area contributed by atoms with Crippen LogP contribution in [0, 0.1) is 5.41 Å². The second-order valence-corrected chi connectivity index (χ2v) is 7.05. The van der Waals surface area contributed by atoms with E-state index in [0.717, 1.165) is 51.8 Å². The average Bonchev–Trinajstić information content (AvgIpc) is 2.80. The molecule has 0 aliphatic carbocycles. The predicted molar refractivity (Wildman–Crippen MR) is 77.0 cm³/mol. The molecule has 0 bridgehead atoms. The molecule has 19 heavy (non-hydrogen) atoms. The van der Waals surface area contributed by atoms with E-state index in [-0.39, 0.29) is 11.0 Å². The van der Waals surface area contributed by atoms with E-state index in [4.69, 9.17) is 4.74 Å². The van der Waals surface area contributed by atoms with Crippen LogP contribution in [0.15, 0.2) is 0 Å². The molecule has 2 aliphatic rings. The highest BCUT2D eigenvalue weighted by Gasteiger charge is 2.42. The Hall–Kier alpha value is -0.570. The van der Waals surface area contributed by atoms with Crippen LogP contribution in [0.4, 0.5) is 0 Å². The first-order chi connectivity index (χ1) is 8.96. The largest absolute Gasteiger partial charge is 0.376 e. The quantitative estimate of drug-likeness (QED) is 0.781. The lowest BCUT2D eigenvalue weighted by Gasteiger charge is -2.45. The van der Waals surface area contributed by atoms with Crippen LogP contribution in [0.25, 0.3) is 0 Å². The van der Waals surface area contributed by atoms with Crippen molar-refractivity contribution in [1.29, 1.82) is 0 Å². The van der Waals surface area contributed by atoms with Crippen LogP contribution in [0.2, 0.25) is 0 Å². The lowest BCUT2D eigenvalue weighted by atomic mass is 9.69. The monoisotopic (exact) mass is 267 g/mol. The number of carbonyl (C=O) groups excluding carboxylic acids is 1. The van der Waals surface area contributed by atoms with E-state index in [2.05, 4.69) is 25.7 Å². The second kappa shape index (κ2) is 5.82. The maximum Gasteiger partial charge on any atom is 0.223 e. The topological polar surface area (TPSA) is 29.5 Å². The van der Waals surface area contributed by atoms with Crippen molar-refractivity contribution in [2.45, 2.75) is 71.3 Å². The molecule has 0 saturated carbocycles. The maximum atomic E-state index is 12.5. The highest BCUT2D eigenvalue weighted by molar-refractivity contribution is 5.77. The number of nitrogens with zero attached hydrogens (tertiary/aromatic N) is 1. The van der Waals surface area contributed by atoms with Gasteiger partial charge in [0, 0.05) is 26.1 Å². The number of hydrogen-bond donors (Lipinski definition) is 0. The SMILES string of the molecule is CCCC1(CC(=O)N2CCCC2)CCOC(C)(C)C1. The van der Waals surface area contributed by atoms with E-state index >= 15 is 0 Å². The first-order valence-electron chi connectivity index (χ1n) is 7.88. The van der Waals surface area contributed by atoms with Crippen LogP contribution in [-0.2, 0) is 9.53 Å². The van der Waals surface area contributed by atoms with E-state index in [0.29, 0.717) is 5.91 Å². The number of carbonyl (C=O) groups is 1. The van der Waals surface area contributed by atoms with Gasteiger partial charge in [0.05, 0.1) is 5.60 Å². The molecule has 0 radical (unpaired) electrons. The molecule has 2 rings (SSSR count). The van der Waals surface area contributed by atoms with Gasteiger partial charge < -0.3 is 9.64 Å². The minimum Gasteiger partial charge on any atom is -0.376 e. The van der Waals surface area contributed by atoms with Crippen LogP contribution in [0.5, 0.6) is 0 Å². The molecule has 2 saturated heterocycles. The van der Waals surface area contributed by atoms with Crippen molar-refractivity contribution in [3.05, 3.63) is 0 Å². The van der Waals surface area contributed by atoms with Crippen molar-refractivity contribution in [2.75, 3.05) is 19.7 Å². The Morgan fingerprint density at radius 3 is 2.53 bits per heavy atom. The Morgan fingerprint density at radius 1 is 1.26 bits per heavy atom. The molecule has 1 amide bonds. The Balaban J connectivity index is 2.03. The molecule has 110 valence electrons. The molecule has 0 aromatic rings. The van der Waals surface area contributed by atoms with Crippen molar-refractivity contribution in [2.24, 2.45) is 5.41 Å². The predicted octanol–water partition coefficient (Wildman–Crippen LogP) is 3.37. The van der Waals surface area contributed by atoms with Crippen LogP contribution < -0.4 is 0 Å². The third-order valence-electron chi connectivity index (χ3n) is 4.69. The molecule has 1 atom stereocenters. The molecular weight excluding hydrogens is 238 g/mol. The summed E-state index contributed by atoms with van der Waals surface area (Å²) in [6.45, 7) is 9.31. The summed E-state index contributed by atoms with van der Waals surface area (Å²) >= 11 is 0. The molecule has 0 aromatic carbocycles. The van der Waals surface area contributed by atoms with Crippen LogP contribution >= 0.6 is 0 Å². The van der Waals surface area contributed by atoms with Crippen molar-refractivity contribution in [3.63, 3.8) is 0 Å². The van der Waals surface area contributed by atoms with Crippen molar-refractivity contribution in [1.82, 2.24) is 4.90 Å². The van der Waals surface area contributed by atoms with Crippen LogP contribution in [0.1, 0.15) is 65.7 Å². The summed E-state index contributed by atoms with van der Waals surface area (Å²) in [5, 5.41) is 0. The zero-order valence-corrected chi connectivity index (χ0v) is 12.8. The third-order valence-corrected chi connectivity index (χ3v) is 4.69. The molecule has 2 heterocycles. The summed E-state index contributed by atoms with van der Waals surface area (Å²) in [5.41, 5.74) is 0.106. The Kier molecular flexibility index (Phi) is 4.54. The van der Waals surface area contributed by atoms with Gasteiger partial charge in [-0.05, 0) is 51.4 Å². The summed E-state index contributed by atoms with van der Waals surface area (Å²) < 4.78 is 5.85. The molecule has 0 N–H and O–H groups in total. The summed E-state index contributed by atoms with van der Waals surface area (Å²) in [7, 11) is 0. The zero-order valence-electron chi connectivity index (χ0n) is 12.8. The molecular formula is C16H29NO2. The molecule has 3 nitrogen and oxygen atoms in total. The summed E-state index contributed by atoms with van der Waals surface area (Å²) in [6, 6.07) is 0. The minimum absolute atomic E-state index is 0.0707. The van der Waals surface area contributed by atoms with Crippen LogP contribution in [-0.4, -0.2) is 36.1 Å². The van der Waals surface area contributed by atoms with Gasteiger partial charge in [-0.25, -0.2) is 0 Å². The second-order valence-electron chi connectivity index (χ2n) is 7.05. The standard InChI is InChI=1S/C16H29NO2/c1-4-7-16(8-11-19-15(2,3)13-16)12-14(18)17-9-5-6-10-17/h4-13H2,1-3H3. The number of likely N-dealkylation sites (tertiary alicyclic amines) is 1. The fraction of sp³-hybridized carbons (Fsp3) is 0.938. The lowest BCUT2D eigenvalue weighted by molar-refractivity contribution is -0.141.